The van der Waals surface area contributed by atoms with Crippen LogP contribution in [0.3, 0.4) is 0 Å². The van der Waals surface area contributed by atoms with Crippen LogP contribution in [0.2, 0.25) is 0 Å². The Kier molecular flexibility index (Phi) is 11.1. The average molecular weight is 675 g/mol. The highest BCUT2D eigenvalue weighted by molar-refractivity contribution is 8.01. The first-order valence-electron chi connectivity index (χ1n) is 14.5. The summed E-state index contributed by atoms with van der Waals surface area (Å²) in [6.45, 7) is 5.93. The zero-order valence-electron chi connectivity index (χ0n) is 25.8. The van der Waals surface area contributed by atoms with Crippen LogP contribution < -0.4 is 25.4 Å². The van der Waals surface area contributed by atoms with Crippen LogP contribution in [0, 0.1) is 0 Å². The van der Waals surface area contributed by atoms with E-state index in [1.165, 1.54) is 11.8 Å². The van der Waals surface area contributed by atoms with Crippen LogP contribution >= 0.6 is 23.5 Å². The van der Waals surface area contributed by atoms with Gasteiger partial charge in [-0.3, -0.25) is 24.5 Å². The van der Waals surface area contributed by atoms with Gasteiger partial charge < -0.3 is 35.2 Å². The van der Waals surface area contributed by atoms with Crippen molar-refractivity contribution in [3.8, 4) is 11.5 Å². The number of carbonyl (C=O) groups is 5. The first-order chi connectivity index (χ1) is 21.7. The Balaban J connectivity index is 1.57. The number of aliphatic carboxylic acids is 2. The molecule has 3 unspecified atom stereocenters. The maximum Gasteiger partial charge on any atom is 0.327 e. The lowest BCUT2D eigenvalue weighted by Crippen LogP contribution is -2.62. The Morgan fingerprint density at radius 1 is 0.826 bits per heavy atom. The van der Waals surface area contributed by atoms with Gasteiger partial charge in [-0.05, 0) is 52.0 Å². The maximum atomic E-state index is 14.5. The fourth-order valence-electron chi connectivity index (χ4n) is 5.35. The molecule has 2 saturated heterocycles. The molecule has 0 aliphatic carbocycles. The molecule has 46 heavy (non-hydrogen) atoms. The molecule has 15 heteroatoms. The zero-order chi connectivity index (χ0) is 33.6. The van der Waals surface area contributed by atoms with Crippen molar-refractivity contribution in [3.63, 3.8) is 0 Å². The molecular formula is C31H38N4O9S2. The molecule has 2 fully saturated rings. The molecule has 0 saturated carbocycles. The molecule has 0 bridgehead atoms. The second-order valence-corrected chi connectivity index (χ2v) is 15.4. The van der Waals surface area contributed by atoms with E-state index in [2.05, 4.69) is 16.0 Å². The quantitative estimate of drug-likeness (QED) is 0.208. The third-order valence-electron chi connectivity index (χ3n) is 7.46. The normalized spacial score (nSPS) is 23.6. The van der Waals surface area contributed by atoms with Crippen molar-refractivity contribution in [2.24, 2.45) is 0 Å². The van der Waals surface area contributed by atoms with Crippen molar-refractivity contribution in [1.82, 2.24) is 20.9 Å². The molecule has 5 atom stereocenters. The van der Waals surface area contributed by atoms with Gasteiger partial charge in [-0.1, -0.05) is 36.4 Å². The number of rotatable bonds is 13. The van der Waals surface area contributed by atoms with Gasteiger partial charge in [0.2, 0.25) is 5.91 Å². The summed E-state index contributed by atoms with van der Waals surface area (Å²) in [5.74, 6) is -3.36. The molecule has 13 nitrogen and oxygen atoms in total. The van der Waals surface area contributed by atoms with Crippen molar-refractivity contribution in [2.45, 2.75) is 66.1 Å². The van der Waals surface area contributed by atoms with E-state index < -0.39 is 74.6 Å². The van der Waals surface area contributed by atoms with Gasteiger partial charge in [-0.15, -0.1) is 23.5 Å². The number of carbonyl (C=O) groups excluding carboxylic acids is 3. The molecule has 248 valence electrons. The molecule has 4 rings (SSSR count). The van der Waals surface area contributed by atoms with E-state index in [9.17, 15) is 34.2 Å². The Bertz CT molecular complexity index is 1430. The SMILES string of the molecule is CC1(C)SC(CNC(=O)COc2ccccc2)N(C(=O)C(NC(=O)COc2ccccc2)C2N[C@@H](C(=O)O)C(C)(C)S2)[C@H]1C(=O)O. The Morgan fingerprint density at radius 3 is 1.87 bits per heavy atom. The van der Waals surface area contributed by atoms with E-state index in [4.69, 9.17) is 9.47 Å². The van der Waals surface area contributed by atoms with Gasteiger partial charge in [0.1, 0.15) is 29.6 Å². The average Bonchev–Trinajstić information content (AvgIpc) is 3.48. The number of carboxylic acids is 2. The number of nitrogens with zero attached hydrogens (tertiary/aromatic N) is 1. The van der Waals surface area contributed by atoms with Crippen molar-refractivity contribution in [1.29, 1.82) is 0 Å². The summed E-state index contributed by atoms with van der Waals surface area (Å²) >= 11 is 2.35. The molecule has 0 aromatic heterocycles. The number of carboxylic acid groups (broad SMARTS) is 2. The molecule has 0 radical (unpaired) electrons. The fraction of sp³-hybridized carbons (Fsp3) is 0.452. The molecule has 2 aliphatic rings. The van der Waals surface area contributed by atoms with E-state index in [1.807, 2.05) is 6.07 Å². The topological polar surface area (TPSA) is 184 Å². The van der Waals surface area contributed by atoms with Crippen molar-refractivity contribution >= 4 is 53.2 Å². The second-order valence-electron chi connectivity index (χ2n) is 11.8. The highest BCUT2D eigenvalue weighted by Gasteiger charge is 2.57. The fourth-order valence-corrected chi connectivity index (χ4v) is 8.39. The number of benzene rings is 2. The number of nitrogens with one attached hydrogen (secondary N) is 3. The molecule has 5 N–H and O–H groups in total. The van der Waals surface area contributed by atoms with Gasteiger partial charge in [0, 0.05) is 16.0 Å². The van der Waals surface area contributed by atoms with E-state index in [1.54, 1.807) is 82.3 Å². The molecule has 2 heterocycles. The smallest absolute Gasteiger partial charge is 0.327 e. The summed E-state index contributed by atoms with van der Waals surface area (Å²) < 4.78 is 9.19. The van der Waals surface area contributed by atoms with Gasteiger partial charge in [0.15, 0.2) is 13.2 Å². The lowest BCUT2D eigenvalue weighted by Gasteiger charge is -2.35. The molecule has 2 aromatic rings. The summed E-state index contributed by atoms with van der Waals surface area (Å²) in [6.07, 6.45) is 0. The van der Waals surface area contributed by atoms with E-state index in [0.29, 0.717) is 11.5 Å². The number of para-hydroxylation sites is 2. The van der Waals surface area contributed by atoms with Gasteiger partial charge in [-0.2, -0.15) is 0 Å². The second kappa shape index (κ2) is 14.6. The number of hydrogen-bond donors (Lipinski definition) is 5. The van der Waals surface area contributed by atoms with Crippen LogP contribution in [-0.2, 0) is 24.0 Å². The van der Waals surface area contributed by atoms with Crippen LogP contribution in [0.5, 0.6) is 11.5 Å². The maximum absolute atomic E-state index is 14.5. The van der Waals surface area contributed by atoms with Crippen LogP contribution in [0.1, 0.15) is 27.7 Å². The summed E-state index contributed by atoms with van der Waals surface area (Å²) in [7, 11) is 0. The Labute approximate surface area is 275 Å². The zero-order valence-corrected chi connectivity index (χ0v) is 27.4. The van der Waals surface area contributed by atoms with Crippen LogP contribution in [0.4, 0.5) is 0 Å². The minimum atomic E-state index is -1.38. The van der Waals surface area contributed by atoms with Crippen molar-refractivity contribution in [2.75, 3.05) is 19.8 Å². The highest BCUT2D eigenvalue weighted by Crippen LogP contribution is 2.46. The Hall–Kier alpha value is -3.95. The molecule has 3 amide bonds. The number of hydrogen-bond acceptors (Lipinski definition) is 10. The predicted molar refractivity (Wildman–Crippen MR) is 173 cm³/mol. The standard InChI is InChI=1S/C31H38N4O9S2/c1-30(2)24(28(39)40)34-26(46-30)23(33-21(37)17-44-19-13-9-6-10-14-19)27(38)35-22(45-31(3,4)25(35)29(41)42)15-32-20(36)16-43-18-11-7-5-8-12-18/h5-14,22-26,34H,15-17H2,1-4H3,(H,32,36)(H,33,37)(H,39,40)(H,41,42)/t22?,23?,24-,25-,26?/m0/s1. The molecule has 0 spiro atoms. The minimum absolute atomic E-state index is 0.104. The van der Waals surface area contributed by atoms with Crippen LogP contribution in [0.15, 0.2) is 60.7 Å². The van der Waals surface area contributed by atoms with Crippen LogP contribution in [-0.4, -0.2) is 103 Å². The minimum Gasteiger partial charge on any atom is -0.484 e. The van der Waals surface area contributed by atoms with Crippen LogP contribution in [0.25, 0.3) is 0 Å². The van der Waals surface area contributed by atoms with Gasteiger partial charge in [0.05, 0.1) is 10.7 Å². The Morgan fingerprint density at radius 2 is 1.37 bits per heavy atom. The van der Waals surface area contributed by atoms with E-state index in [0.717, 1.165) is 16.7 Å². The molecule has 2 aromatic carbocycles. The monoisotopic (exact) mass is 674 g/mol. The van der Waals surface area contributed by atoms with E-state index in [-0.39, 0.29) is 13.2 Å². The van der Waals surface area contributed by atoms with Crippen molar-refractivity contribution in [3.05, 3.63) is 60.7 Å². The van der Waals surface area contributed by atoms with Gasteiger partial charge in [0.25, 0.3) is 11.8 Å². The predicted octanol–water partition coefficient (Wildman–Crippen LogP) is 1.77. The largest absolute Gasteiger partial charge is 0.484 e. The van der Waals surface area contributed by atoms with E-state index >= 15 is 0 Å². The first-order valence-corrected chi connectivity index (χ1v) is 16.3. The first kappa shape index (κ1) is 34.9. The molecule has 2 aliphatic heterocycles. The van der Waals surface area contributed by atoms with Gasteiger partial charge in [-0.25, -0.2) is 4.79 Å². The highest BCUT2D eigenvalue weighted by atomic mass is 32.2. The lowest BCUT2D eigenvalue weighted by molar-refractivity contribution is -0.152. The third-order valence-corrected chi connectivity index (χ3v) is 10.5. The summed E-state index contributed by atoms with van der Waals surface area (Å²) in [4.78, 5) is 66.1. The van der Waals surface area contributed by atoms with Gasteiger partial charge >= 0.3 is 11.9 Å². The third kappa shape index (κ3) is 8.44. The number of ether oxygens (including phenoxy) is 2. The van der Waals surface area contributed by atoms with Crippen molar-refractivity contribution < 1.29 is 43.7 Å². The summed E-state index contributed by atoms with van der Waals surface area (Å²) in [6, 6.07) is 13.5. The summed E-state index contributed by atoms with van der Waals surface area (Å²) in [5, 5.41) is 26.7. The number of thioether (sulfide) groups is 2. The number of amides is 3. The summed E-state index contributed by atoms with van der Waals surface area (Å²) in [5.41, 5.74) is 0. The molecular weight excluding hydrogens is 636 g/mol. The lowest BCUT2D eigenvalue weighted by atomic mass is 10.00.